The Hall–Kier alpha value is -1.55. The van der Waals surface area contributed by atoms with Crippen molar-refractivity contribution in [2.24, 2.45) is 0 Å². The third-order valence-corrected chi connectivity index (χ3v) is 3.86. The van der Waals surface area contributed by atoms with Crippen LogP contribution in [0.1, 0.15) is 51.8 Å². The van der Waals surface area contributed by atoms with E-state index in [-0.39, 0.29) is 18.1 Å². The summed E-state index contributed by atoms with van der Waals surface area (Å²) in [5.41, 5.74) is 1.12. The highest BCUT2D eigenvalue weighted by Gasteiger charge is 2.34. The van der Waals surface area contributed by atoms with E-state index in [1.54, 1.807) is 0 Å². The van der Waals surface area contributed by atoms with Crippen LogP contribution in [0.4, 0.5) is 0 Å². The van der Waals surface area contributed by atoms with Gasteiger partial charge >= 0.3 is 0 Å². The molecule has 1 N–H and O–H groups in total. The summed E-state index contributed by atoms with van der Waals surface area (Å²) in [6, 6.07) is 8.33. The minimum atomic E-state index is -0.0146. The molecule has 0 bridgehead atoms. The molecule has 1 aliphatic rings. The largest absolute Gasteiger partial charge is 0.494 e. The Morgan fingerprint density at radius 1 is 1.29 bits per heavy atom. The summed E-state index contributed by atoms with van der Waals surface area (Å²) in [6.07, 6.45) is 3.10. The Balaban J connectivity index is 2.10. The summed E-state index contributed by atoms with van der Waals surface area (Å²) in [5, 5.41) is 3.31. The van der Waals surface area contributed by atoms with E-state index in [0.717, 1.165) is 37.2 Å². The molecular formula is C17H26N2O2. The molecule has 0 saturated carbocycles. The van der Waals surface area contributed by atoms with E-state index >= 15 is 0 Å². The first-order valence-corrected chi connectivity index (χ1v) is 7.94. The highest BCUT2D eigenvalue weighted by Crippen LogP contribution is 2.27. The van der Waals surface area contributed by atoms with Crippen LogP contribution in [0.15, 0.2) is 24.3 Å². The molecule has 0 aliphatic carbocycles. The molecule has 1 aromatic rings. The number of carbonyl (C=O) groups excluding carboxylic acids is 1. The molecule has 1 aliphatic heterocycles. The summed E-state index contributed by atoms with van der Waals surface area (Å²) < 4.78 is 5.61. The van der Waals surface area contributed by atoms with Gasteiger partial charge in [-0.15, -0.1) is 0 Å². The lowest BCUT2D eigenvalue weighted by Gasteiger charge is -2.30. The summed E-state index contributed by atoms with van der Waals surface area (Å²) in [4.78, 5) is 14.1. The molecule has 1 saturated heterocycles. The molecule has 0 aromatic heterocycles. The van der Waals surface area contributed by atoms with Gasteiger partial charge in [0, 0.05) is 6.04 Å². The highest BCUT2D eigenvalue weighted by atomic mass is 16.5. The van der Waals surface area contributed by atoms with Crippen molar-refractivity contribution >= 4 is 5.91 Å². The van der Waals surface area contributed by atoms with Gasteiger partial charge < -0.3 is 9.64 Å². The van der Waals surface area contributed by atoms with E-state index in [1.807, 2.05) is 29.2 Å². The molecule has 2 unspecified atom stereocenters. The van der Waals surface area contributed by atoms with Gasteiger partial charge in [-0.25, -0.2) is 0 Å². The van der Waals surface area contributed by atoms with E-state index in [1.165, 1.54) is 0 Å². The van der Waals surface area contributed by atoms with Crippen molar-refractivity contribution in [3.05, 3.63) is 29.8 Å². The van der Waals surface area contributed by atoms with Crippen LogP contribution < -0.4 is 10.1 Å². The summed E-state index contributed by atoms with van der Waals surface area (Å²) in [6.45, 7) is 7.53. The topological polar surface area (TPSA) is 41.6 Å². The number of hydrogen-bond acceptors (Lipinski definition) is 3. The Bertz CT molecular complexity index is 458. The van der Waals surface area contributed by atoms with Gasteiger partial charge in [-0.2, -0.15) is 0 Å². The first-order chi connectivity index (χ1) is 10.2. The van der Waals surface area contributed by atoms with Gasteiger partial charge in [0.2, 0.25) is 5.91 Å². The van der Waals surface area contributed by atoms with Gasteiger partial charge in [-0.05, 0) is 37.5 Å². The van der Waals surface area contributed by atoms with Crippen LogP contribution in [0, 0.1) is 0 Å². The maximum atomic E-state index is 12.1. The molecule has 4 nitrogen and oxygen atoms in total. The number of nitrogens with zero attached hydrogens (tertiary/aromatic N) is 1. The maximum Gasteiger partial charge on any atom is 0.238 e. The minimum absolute atomic E-state index is 0.0146. The van der Waals surface area contributed by atoms with Gasteiger partial charge in [-0.3, -0.25) is 10.1 Å². The molecular weight excluding hydrogens is 264 g/mol. The standard InChI is InChI=1S/C17H26N2O2/c1-4-6-13(3)19-16(20)12-18-17(19)14-7-9-15(10-8-14)21-11-5-2/h7-10,13,17-18H,4-6,11-12H2,1-3H3. The van der Waals surface area contributed by atoms with Crippen LogP contribution in [0.3, 0.4) is 0 Å². The Kier molecular flexibility index (Phi) is 5.62. The fraction of sp³-hybridized carbons (Fsp3) is 0.588. The second kappa shape index (κ2) is 7.46. The van der Waals surface area contributed by atoms with Gasteiger partial charge in [0.1, 0.15) is 11.9 Å². The SMILES string of the molecule is CCCOc1ccc(C2NCC(=O)N2C(C)CCC)cc1. The van der Waals surface area contributed by atoms with Crippen LogP contribution >= 0.6 is 0 Å². The molecule has 4 heteroatoms. The molecule has 2 atom stereocenters. The lowest BCUT2D eigenvalue weighted by Crippen LogP contribution is -2.37. The van der Waals surface area contributed by atoms with E-state index in [9.17, 15) is 4.79 Å². The third-order valence-electron chi connectivity index (χ3n) is 3.86. The zero-order valence-electron chi connectivity index (χ0n) is 13.3. The number of hydrogen-bond donors (Lipinski definition) is 1. The molecule has 1 amide bonds. The molecule has 2 rings (SSSR count). The van der Waals surface area contributed by atoms with Gasteiger partial charge in [0.15, 0.2) is 0 Å². The molecule has 1 aromatic carbocycles. The van der Waals surface area contributed by atoms with E-state index in [0.29, 0.717) is 6.54 Å². The van der Waals surface area contributed by atoms with Crippen molar-refractivity contribution in [3.63, 3.8) is 0 Å². The number of nitrogens with one attached hydrogen (secondary N) is 1. The van der Waals surface area contributed by atoms with E-state index < -0.39 is 0 Å². The average molecular weight is 290 g/mol. The van der Waals surface area contributed by atoms with Crippen LogP contribution in [-0.2, 0) is 4.79 Å². The fourth-order valence-electron chi connectivity index (χ4n) is 2.82. The molecule has 1 heterocycles. The Morgan fingerprint density at radius 3 is 2.62 bits per heavy atom. The third kappa shape index (κ3) is 3.76. The summed E-state index contributed by atoms with van der Waals surface area (Å²) in [5.74, 6) is 1.07. The van der Waals surface area contributed by atoms with Crippen molar-refractivity contribution in [3.8, 4) is 5.75 Å². The van der Waals surface area contributed by atoms with Crippen molar-refractivity contribution in [1.29, 1.82) is 0 Å². The molecule has 0 spiro atoms. The Morgan fingerprint density at radius 2 is 2.00 bits per heavy atom. The van der Waals surface area contributed by atoms with Crippen molar-refractivity contribution in [2.75, 3.05) is 13.2 Å². The molecule has 1 fully saturated rings. The molecule has 116 valence electrons. The van der Waals surface area contributed by atoms with Crippen molar-refractivity contribution in [2.45, 2.75) is 52.2 Å². The summed E-state index contributed by atoms with van der Waals surface area (Å²) in [7, 11) is 0. The lowest BCUT2D eigenvalue weighted by molar-refractivity contribution is -0.130. The fourth-order valence-corrected chi connectivity index (χ4v) is 2.82. The van der Waals surface area contributed by atoms with E-state index in [4.69, 9.17) is 4.74 Å². The Labute approximate surface area is 127 Å². The number of benzene rings is 1. The lowest BCUT2D eigenvalue weighted by atomic mass is 10.1. The van der Waals surface area contributed by atoms with Crippen LogP contribution in [-0.4, -0.2) is 30.0 Å². The number of ether oxygens (including phenoxy) is 1. The van der Waals surface area contributed by atoms with Crippen molar-refractivity contribution in [1.82, 2.24) is 10.2 Å². The predicted molar refractivity (Wildman–Crippen MR) is 84.2 cm³/mol. The predicted octanol–water partition coefficient (Wildman–Crippen LogP) is 3.09. The smallest absolute Gasteiger partial charge is 0.238 e. The zero-order valence-corrected chi connectivity index (χ0v) is 13.3. The van der Waals surface area contributed by atoms with Crippen LogP contribution in [0.2, 0.25) is 0 Å². The monoisotopic (exact) mass is 290 g/mol. The number of amides is 1. The molecule has 0 radical (unpaired) electrons. The van der Waals surface area contributed by atoms with Crippen LogP contribution in [0.25, 0.3) is 0 Å². The van der Waals surface area contributed by atoms with Crippen LogP contribution in [0.5, 0.6) is 5.75 Å². The number of carbonyl (C=O) groups is 1. The number of rotatable bonds is 7. The quantitative estimate of drug-likeness (QED) is 0.839. The van der Waals surface area contributed by atoms with Gasteiger partial charge in [-0.1, -0.05) is 32.4 Å². The summed E-state index contributed by atoms with van der Waals surface area (Å²) >= 11 is 0. The highest BCUT2D eigenvalue weighted by molar-refractivity contribution is 5.81. The minimum Gasteiger partial charge on any atom is -0.494 e. The van der Waals surface area contributed by atoms with Gasteiger partial charge in [0.25, 0.3) is 0 Å². The second-order valence-electron chi connectivity index (χ2n) is 5.64. The normalized spacial score (nSPS) is 19.9. The first kappa shape index (κ1) is 15.8. The zero-order chi connectivity index (χ0) is 15.2. The first-order valence-electron chi connectivity index (χ1n) is 7.94. The molecule has 21 heavy (non-hydrogen) atoms. The maximum absolute atomic E-state index is 12.1. The second-order valence-corrected chi connectivity index (χ2v) is 5.64. The average Bonchev–Trinajstić information content (AvgIpc) is 2.88. The van der Waals surface area contributed by atoms with Crippen molar-refractivity contribution < 1.29 is 9.53 Å². The van der Waals surface area contributed by atoms with Gasteiger partial charge in [0.05, 0.1) is 13.2 Å². The van der Waals surface area contributed by atoms with E-state index in [2.05, 4.69) is 26.1 Å².